The van der Waals surface area contributed by atoms with E-state index in [2.05, 4.69) is 32.2 Å². The number of aryl methyl sites for hydroxylation is 1. The topological polar surface area (TPSA) is 94.4 Å². The summed E-state index contributed by atoms with van der Waals surface area (Å²) in [6.07, 6.45) is 7.58. The molecule has 5 nitrogen and oxygen atoms in total. The molecule has 0 spiro atoms. The summed E-state index contributed by atoms with van der Waals surface area (Å²) in [6, 6.07) is 1.83. The lowest BCUT2D eigenvalue weighted by atomic mass is 9.73. The zero-order valence-electron chi connectivity index (χ0n) is 18.1. The number of allylic oxidation sites excluding steroid dienone is 3. The molecular weight excluding hydrogens is 366 g/mol. The number of aromatic hydroxyl groups is 1. The molecule has 0 heterocycles. The number of benzene rings is 1. The number of carboxylic acids is 1. The van der Waals surface area contributed by atoms with Gasteiger partial charge in [0.2, 0.25) is 0 Å². The summed E-state index contributed by atoms with van der Waals surface area (Å²) in [5.74, 6) is -0.692. The Morgan fingerprint density at radius 3 is 2.69 bits per heavy atom. The summed E-state index contributed by atoms with van der Waals surface area (Å²) in [6.45, 7) is 11.3. The zero-order chi connectivity index (χ0) is 21.6. The van der Waals surface area contributed by atoms with E-state index in [1.165, 1.54) is 5.57 Å². The van der Waals surface area contributed by atoms with Crippen LogP contribution in [0.1, 0.15) is 80.3 Å². The minimum absolute atomic E-state index is 0.00942. The van der Waals surface area contributed by atoms with Crippen molar-refractivity contribution in [2.75, 3.05) is 13.2 Å². The van der Waals surface area contributed by atoms with Gasteiger partial charge in [0.1, 0.15) is 30.2 Å². The van der Waals surface area contributed by atoms with E-state index in [4.69, 9.17) is 4.74 Å². The first-order chi connectivity index (χ1) is 13.8. The molecule has 5 N–H and O–H groups in total. The van der Waals surface area contributed by atoms with Crippen LogP contribution in [-0.4, -0.2) is 29.3 Å². The average molecular weight is 403 g/mol. The van der Waals surface area contributed by atoms with E-state index in [0.717, 1.165) is 37.7 Å². The molecule has 0 radical (unpaired) electrons. The highest BCUT2D eigenvalue weighted by Gasteiger charge is 2.33. The lowest BCUT2D eigenvalue weighted by Crippen LogP contribution is -2.52. The van der Waals surface area contributed by atoms with Crippen LogP contribution < -0.4 is 10.5 Å². The highest BCUT2D eigenvalue weighted by atomic mass is 16.5. The van der Waals surface area contributed by atoms with Crippen LogP contribution in [0, 0.1) is 5.92 Å². The van der Waals surface area contributed by atoms with Gasteiger partial charge in [0.05, 0.1) is 0 Å². The van der Waals surface area contributed by atoms with E-state index in [-0.39, 0.29) is 23.1 Å². The van der Waals surface area contributed by atoms with Crippen molar-refractivity contribution in [2.45, 2.75) is 65.2 Å². The number of phenols is 1. The SMILES string of the molecule is C=C(C)C1CCC(C)=CC1c1c(OCC[NH3+])cc(CCCCC)c(C(=O)O)c1O. The van der Waals surface area contributed by atoms with Crippen LogP contribution in [0.15, 0.2) is 29.9 Å². The summed E-state index contributed by atoms with van der Waals surface area (Å²) in [5, 5.41) is 21.1. The molecule has 1 aliphatic carbocycles. The molecule has 0 aromatic heterocycles. The van der Waals surface area contributed by atoms with Crippen LogP contribution in [0.3, 0.4) is 0 Å². The van der Waals surface area contributed by atoms with Crippen molar-refractivity contribution in [3.05, 3.63) is 46.6 Å². The van der Waals surface area contributed by atoms with Gasteiger partial charge in [0.15, 0.2) is 0 Å². The quantitative estimate of drug-likeness (QED) is 0.398. The van der Waals surface area contributed by atoms with Gasteiger partial charge in [-0.1, -0.05) is 43.6 Å². The largest absolute Gasteiger partial charge is 0.507 e. The van der Waals surface area contributed by atoms with Crippen molar-refractivity contribution in [3.8, 4) is 11.5 Å². The number of aromatic carboxylic acids is 1. The highest BCUT2D eigenvalue weighted by molar-refractivity contribution is 5.94. The molecular formula is C24H36NO4+. The second-order valence-electron chi connectivity index (χ2n) is 8.17. The second-order valence-corrected chi connectivity index (χ2v) is 8.17. The first-order valence-corrected chi connectivity index (χ1v) is 10.7. The summed E-state index contributed by atoms with van der Waals surface area (Å²) in [4.78, 5) is 12.1. The molecule has 1 aromatic carbocycles. The van der Waals surface area contributed by atoms with E-state index >= 15 is 0 Å². The molecule has 29 heavy (non-hydrogen) atoms. The van der Waals surface area contributed by atoms with Crippen LogP contribution in [0.25, 0.3) is 0 Å². The van der Waals surface area contributed by atoms with E-state index in [0.29, 0.717) is 36.4 Å². The van der Waals surface area contributed by atoms with Crippen LogP contribution in [0.5, 0.6) is 11.5 Å². The Morgan fingerprint density at radius 1 is 1.38 bits per heavy atom. The molecule has 0 amide bonds. The van der Waals surface area contributed by atoms with Crippen molar-refractivity contribution < 1.29 is 25.5 Å². The zero-order valence-corrected chi connectivity index (χ0v) is 18.1. The number of carbonyl (C=O) groups is 1. The summed E-state index contributed by atoms with van der Waals surface area (Å²) < 4.78 is 5.99. The smallest absolute Gasteiger partial charge is 0.339 e. The lowest BCUT2D eigenvalue weighted by molar-refractivity contribution is -0.370. The van der Waals surface area contributed by atoms with Crippen molar-refractivity contribution >= 4 is 5.97 Å². The van der Waals surface area contributed by atoms with Crippen molar-refractivity contribution in [2.24, 2.45) is 5.92 Å². The summed E-state index contributed by atoms with van der Waals surface area (Å²) >= 11 is 0. The third kappa shape index (κ3) is 5.41. The van der Waals surface area contributed by atoms with Gasteiger partial charge in [-0.2, -0.15) is 0 Å². The molecule has 0 aliphatic heterocycles. The molecule has 1 aliphatic rings. The monoisotopic (exact) mass is 402 g/mol. The lowest BCUT2D eigenvalue weighted by Gasteiger charge is -2.32. The summed E-state index contributed by atoms with van der Waals surface area (Å²) in [5.41, 5.74) is 7.32. The Labute approximate surface area is 174 Å². The Hall–Kier alpha value is -2.27. The number of hydrogen-bond donors (Lipinski definition) is 3. The minimum atomic E-state index is -1.10. The molecule has 5 heteroatoms. The van der Waals surface area contributed by atoms with Gasteiger partial charge in [-0.05, 0) is 57.1 Å². The second kappa shape index (κ2) is 10.5. The van der Waals surface area contributed by atoms with Gasteiger partial charge in [-0.3, -0.25) is 0 Å². The predicted molar refractivity (Wildman–Crippen MR) is 116 cm³/mol. The molecule has 160 valence electrons. The molecule has 0 saturated carbocycles. The number of quaternary nitrogens is 1. The van der Waals surface area contributed by atoms with Gasteiger partial charge in [-0.25, -0.2) is 4.79 Å². The molecule has 0 bridgehead atoms. The van der Waals surface area contributed by atoms with Crippen LogP contribution in [0.4, 0.5) is 0 Å². The number of hydrogen-bond acceptors (Lipinski definition) is 3. The molecule has 2 rings (SSSR count). The van der Waals surface area contributed by atoms with Crippen molar-refractivity contribution in [1.82, 2.24) is 0 Å². The Morgan fingerprint density at radius 2 is 2.10 bits per heavy atom. The summed E-state index contributed by atoms with van der Waals surface area (Å²) in [7, 11) is 0. The number of unbranched alkanes of at least 4 members (excludes halogenated alkanes) is 2. The van der Waals surface area contributed by atoms with E-state index < -0.39 is 5.97 Å². The maximum Gasteiger partial charge on any atom is 0.339 e. The Bertz CT molecular complexity index is 782. The first kappa shape index (κ1) is 23.0. The molecule has 2 atom stereocenters. The first-order valence-electron chi connectivity index (χ1n) is 10.7. The van der Waals surface area contributed by atoms with Gasteiger partial charge < -0.3 is 20.7 Å². The normalized spacial score (nSPS) is 19.0. The molecule has 2 unspecified atom stereocenters. The van der Waals surface area contributed by atoms with Gasteiger partial charge in [-0.15, -0.1) is 0 Å². The molecule has 0 saturated heterocycles. The predicted octanol–water partition coefficient (Wildman–Crippen LogP) is 4.46. The van der Waals surface area contributed by atoms with Crippen molar-refractivity contribution in [1.29, 1.82) is 0 Å². The standard InChI is InChI=1S/C24H35NO4/c1-5-6-7-8-17-14-20(29-12-11-25)22(23(26)21(17)24(27)28)19-13-16(4)9-10-18(19)15(2)3/h13-14,18-19,26H,2,5-12,25H2,1,3-4H3,(H,27,28)/p+1. The average Bonchev–Trinajstić information content (AvgIpc) is 2.65. The Kier molecular flexibility index (Phi) is 8.32. The number of rotatable bonds is 10. The maximum atomic E-state index is 12.1. The number of ether oxygens (including phenoxy) is 1. The van der Waals surface area contributed by atoms with Gasteiger partial charge >= 0.3 is 5.97 Å². The highest BCUT2D eigenvalue weighted by Crippen LogP contribution is 2.48. The van der Waals surface area contributed by atoms with Gasteiger partial charge in [0, 0.05) is 11.5 Å². The molecule has 1 aromatic rings. The fraction of sp³-hybridized carbons (Fsp3) is 0.542. The van der Waals surface area contributed by atoms with Crippen molar-refractivity contribution in [3.63, 3.8) is 0 Å². The minimum Gasteiger partial charge on any atom is -0.507 e. The Balaban J connectivity index is 2.67. The van der Waals surface area contributed by atoms with E-state index in [9.17, 15) is 15.0 Å². The van der Waals surface area contributed by atoms with Gasteiger partial charge in [0.25, 0.3) is 0 Å². The van der Waals surface area contributed by atoms with E-state index in [1.54, 1.807) is 0 Å². The fourth-order valence-electron chi connectivity index (χ4n) is 4.24. The third-order valence-corrected chi connectivity index (χ3v) is 5.76. The van der Waals surface area contributed by atoms with Crippen LogP contribution in [0.2, 0.25) is 0 Å². The maximum absolute atomic E-state index is 12.1. The third-order valence-electron chi connectivity index (χ3n) is 5.76. The molecule has 0 fully saturated rings. The van der Waals surface area contributed by atoms with Crippen LogP contribution >= 0.6 is 0 Å². The van der Waals surface area contributed by atoms with Crippen LogP contribution in [-0.2, 0) is 6.42 Å². The van der Waals surface area contributed by atoms with E-state index in [1.807, 2.05) is 13.0 Å². The fourth-order valence-corrected chi connectivity index (χ4v) is 4.24. The number of carboxylic acid groups (broad SMARTS) is 1.